The standard InChI is InChI=1S/C24H21N3O5S/c28-24(32-18-20-14-15-27(26-20)21-5-2-1-3-6-21)13-10-19-8-11-23(12-9-19)33(29,30)25-17-22-7-4-16-31-22/h1-16,25H,17-18H2/b13-10+. The highest BCUT2D eigenvalue weighted by molar-refractivity contribution is 7.89. The first-order valence-corrected chi connectivity index (χ1v) is 11.5. The van der Waals surface area contributed by atoms with E-state index < -0.39 is 16.0 Å². The average molecular weight is 464 g/mol. The Bertz CT molecular complexity index is 1330. The van der Waals surface area contributed by atoms with E-state index in [1.807, 2.05) is 30.3 Å². The lowest BCUT2D eigenvalue weighted by Gasteiger charge is -2.05. The summed E-state index contributed by atoms with van der Waals surface area (Å²) >= 11 is 0. The molecule has 4 aromatic rings. The molecule has 0 aliphatic rings. The summed E-state index contributed by atoms with van der Waals surface area (Å²) < 4.78 is 39.3. The highest BCUT2D eigenvalue weighted by atomic mass is 32.2. The summed E-state index contributed by atoms with van der Waals surface area (Å²) in [6.07, 6.45) is 6.12. The minimum Gasteiger partial charge on any atom is -0.468 e. The lowest BCUT2D eigenvalue weighted by atomic mass is 10.2. The Morgan fingerprint density at radius 3 is 2.55 bits per heavy atom. The van der Waals surface area contributed by atoms with Gasteiger partial charge in [0.2, 0.25) is 10.0 Å². The molecule has 0 saturated heterocycles. The number of hydrogen-bond acceptors (Lipinski definition) is 6. The fraction of sp³-hybridized carbons (Fsp3) is 0.0833. The maximum absolute atomic E-state index is 12.4. The van der Waals surface area contributed by atoms with Gasteiger partial charge in [-0.05, 0) is 54.1 Å². The molecule has 0 unspecified atom stereocenters. The molecule has 0 atom stereocenters. The molecule has 0 amide bonds. The van der Waals surface area contributed by atoms with E-state index in [1.54, 1.807) is 47.3 Å². The molecule has 2 aromatic heterocycles. The van der Waals surface area contributed by atoms with Crippen LogP contribution >= 0.6 is 0 Å². The van der Waals surface area contributed by atoms with E-state index >= 15 is 0 Å². The van der Waals surface area contributed by atoms with Crippen LogP contribution in [0.25, 0.3) is 11.8 Å². The van der Waals surface area contributed by atoms with Gasteiger partial charge in [0.15, 0.2) is 0 Å². The summed E-state index contributed by atoms with van der Waals surface area (Å²) in [6.45, 7) is 0.105. The smallest absolute Gasteiger partial charge is 0.331 e. The first-order valence-electron chi connectivity index (χ1n) is 10.1. The van der Waals surface area contributed by atoms with Gasteiger partial charge in [0.05, 0.1) is 23.4 Å². The molecule has 0 saturated carbocycles. The van der Waals surface area contributed by atoms with Crippen molar-refractivity contribution < 1.29 is 22.4 Å². The number of carbonyl (C=O) groups is 1. The van der Waals surface area contributed by atoms with E-state index in [0.717, 1.165) is 5.69 Å². The number of aromatic nitrogens is 2. The van der Waals surface area contributed by atoms with Crippen LogP contribution in [0, 0.1) is 0 Å². The molecule has 0 aliphatic heterocycles. The molecule has 4 rings (SSSR count). The summed E-state index contributed by atoms with van der Waals surface area (Å²) in [7, 11) is -3.68. The van der Waals surface area contributed by atoms with E-state index in [2.05, 4.69) is 9.82 Å². The number of para-hydroxylation sites is 1. The van der Waals surface area contributed by atoms with Crippen molar-refractivity contribution in [2.45, 2.75) is 18.0 Å². The number of hydrogen-bond donors (Lipinski definition) is 1. The average Bonchev–Trinajstić information content (AvgIpc) is 3.53. The molecule has 33 heavy (non-hydrogen) atoms. The van der Waals surface area contributed by atoms with Gasteiger partial charge in [-0.3, -0.25) is 0 Å². The molecule has 8 nitrogen and oxygen atoms in total. The van der Waals surface area contributed by atoms with E-state index in [1.165, 1.54) is 24.5 Å². The van der Waals surface area contributed by atoms with Gasteiger partial charge >= 0.3 is 5.97 Å². The van der Waals surface area contributed by atoms with E-state index in [0.29, 0.717) is 17.0 Å². The van der Waals surface area contributed by atoms with E-state index in [-0.39, 0.29) is 18.0 Å². The number of furan rings is 1. The zero-order valence-corrected chi connectivity index (χ0v) is 18.3. The van der Waals surface area contributed by atoms with Crippen molar-refractivity contribution >= 4 is 22.1 Å². The lowest BCUT2D eigenvalue weighted by molar-refractivity contribution is -0.139. The fourth-order valence-corrected chi connectivity index (χ4v) is 3.93. The van der Waals surface area contributed by atoms with Crippen LogP contribution in [0.1, 0.15) is 17.0 Å². The van der Waals surface area contributed by atoms with Gasteiger partial charge in [0, 0.05) is 12.3 Å². The Hall–Kier alpha value is -3.95. The molecule has 1 N–H and O–H groups in total. The Morgan fingerprint density at radius 1 is 1.03 bits per heavy atom. The Morgan fingerprint density at radius 2 is 1.82 bits per heavy atom. The van der Waals surface area contributed by atoms with Crippen molar-refractivity contribution in [1.82, 2.24) is 14.5 Å². The summed E-state index contributed by atoms with van der Waals surface area (Å²) in [6, 6.07) is 20.9. The fourth-order valence-electron chi connectivity index (χ4n) is 2.94. The predicted molar refractivity (Wildman–Crippen MR) is 122 cm³/mol. The number of carbonyl (C=O) groups excluding carboxylic acids is 1. The monoisotopic (exact) mass is 463 g/mol. The largest absolute Gasteiger partial charge is 0.468 e. The lowest BCUT2D eigenvalue weighted by Crippen LogP contribution is -2.22. The second-order valence-corrected chi connectivity index (χ2v) is 8.77. The summed E-state index contributed by atoms with van der Waals surface area (Å²) in [4.78, 5) is 12.1. The maximum Gasteiger partial charge on any atom is 0.331 e. The number of benzene rings is 2. The second kappa shape index (κ2) is 10.1. The molecule has 0 bridgehead atoms. The summed E-state index contributed by atoms with van der Waals surface area (Å²) in [5.41, 5.74) is 2.19. The van der Waals surface area contributed by atoms with Crippen LogP contribution in [0.4, 0.5) is 0 Å². The summed E-state index contributed by atoms with van der Waals surface area (Å²) in [5.74, 6) is -0.00968. The molecule has 9 heteroatoms. The topological polar surface area (TPSA) is 103 Å². The number of nitrogens with one attached hydrogen (secondary N) is 1. The van der Waals surface area contributed by atoms with Crippen LogP contribution in [0.3, 0.4) is 0 Å². The van der Waals surface area contributed by atoms with Crippen molar-refractivity contribution in [3.8, 4) is 5.69 Å². The van der Waals surface area contributed by atoms with Crippen LogP contribution in [0.15, 0.2) is 101 Å². The maximum atomic E-state index is 12.4. The zero-order valence-electron chi connectivity index (χ0n) is 17.5. The van der Waals surface area contributed by atoms with Gasteiger partial charge < -0.3 is 9.15 Å². The van der Waals surface area contributed by atoms with Crippen LogP contribution in [0.2, 0.25) is 0 Å². The highest BCUT2D eigenvalue weighted by Gasteiger charge is 2.14. The number of nitrogens with zero attached hydrogens (tertiary/aromatic N) is 2. The van der Waals surface area contributed by atoms with Crippen molar-refractivity contribution in [1.29, 1.82) is 0 Å². The SMILES string of the molecule is O=C(/C=C/c1ccc(S(=O)(=O)NCc2ccco2)cc1)OCc1ccn(-c2ccccc2)n1. The Labute approximate surface area is 191 Å². The number of ether oxygens (including phenoxy) is 1. The van der Waals surface area contributed by atoms with Crippen LogP contribution < -0.4 is 4.72 Å². The minimum absolute atomic E-state index is 0.0432. The second-order valence-electron chi connectivity index (χ2n) is 7.00. The highest BCUT2D eigenvalue weighted by Crippen LogP contribution is 2.13. The van der Waals surface area contributed by atoms with Gasteiger partial charge in [0.25, 0.3) is 0 Å². The molecule has 0 spiro atoms. The number of esters is 1. The summed E-state index contributed by atoms with van der Waals surface area (Å²) in [5, 5.41) is 4.38. The molecular formula is C24H21N3O5S. The van der Waals surface area contributed by atoms with Gasteiger partial charge in [0.1, 0.15) is 18.1 Å². The van der Waals surface area contributed by atoms with Crippen molar-refractivity contribution in [2.24, 2.45) is 0 Å². The number of rotatable bonds is 9. The van der Waals surface area contributed by atoms with Crippen LogP contribution in [-0.4, -0.2) is 24.2 Å². The van der Waals surface area contributed by atoms with Gasteiger partial charge in [-0.25, -0.2) is 22.6 Å². The van der Waals surface area contributed by atoms with Crippen molar-refractivity contribution in [3.63, 3.8) is 0 Å². The van der Waals surface area contributed by atoms with Gasteiger partial charge in [-0.2, -0.15) is 5.10 Å². The predicted octanol–water partition coefficient (Wildman–Crippen LogP) is 3.70. The van der Waals surface area contributed by atoms with Crippen LogP contribution in [0.5, 0.6) is 0 Å². The molecule has 2 aromatic carbocycles. The molecule has 0 fully saturated rings. The normalized spacial score (nSPS) is 11.6. The number of sulfonamides is 1. The quantitative estimate of drug-likeness (QED) is 0.300. The molecule has 2 heterocycles. The minimum atomic E-state index is -3.68. The first-order chi connectivity index (χ1) is 16.0. The molecule has 0 aliphatic carbocycles. The van der Waals surface area contributed by atoms with Crippen LogP contribution in [-0.2, 0) is 32.7 Å². The van der Waals surface area contributed by atoms with E-state index in [9.17, 15) is 13.2 Å². The Kier molecular flexibility index (Phi) is 6.82. The van der Waals surface area contributed by atoms with Crippen molar-refractivity contribution in [3.05, 3.63) is 108 Å². The van der Waals surface area contributed by atoms with Crippen molar-refractivity contribution in [2.75, 3.05) is 0 Å². The third-order valence-corrected chi connectivity index (χ3v) is 6.06. The molecular weight excluding hydrogens is 442 g/mol. The van der Waals surface area contributed by atoms with Gasteiger partial charge in [-0.15, -0.1) is 0 Å². The zero-order chi connectivity index (χ0) is 23.1. The third kappa shape index (κ3) is 6.06. The van der Waals surface area contributed by atoms with E-state index in [4.69, 9.17) is 9.15 Å². The first kappa shape index (κ1) is 22.3. The Balaban J connectivity index is 1.29. The third-order valence-electron chi connectivity index (χ3n) is 4.65. The molecule has 0 radical (unpaired) electrons. The van der Waals surface area contributed by atoms with Gasteiger partial charge in [-0.1, -0.05) is 30.3 Å². The molecule has 168 valence electrons.